The van der Waals surface area contributed by atoms with Crippen molar-refractivity contribution in [3.05, 3.63) is 30.5 Å². The van der Waals surface area contributed by atoms with Gasteiger partial charge >= 0.3 is 0 Å². The van der Waals surface area contributed by atoms with Gasteiger partial charge in [0.25, 0.3) is 0 Å². The van der Waals surface area contributed by atoms with Gasteiger partial charge in [0.05, 0.1) is 11.9 Å². The monoisotopic (exact) mass is 278 g/mol. The van der Waals surface area contributed by atoms with Crippen LogP contribution < -0.4 is 14.9 Å². The molecule has 0 saturated heterocycles. The third-order valence-corrected chi connectivity index (χ3v) is 4.66. The van der Waals surface area contributed by atoms with Gasteiger partial charge < -0.3 is 14.0 Å². The highest BCUT2D eigenvalue weighted by Gasteiger charge is 2.26. The molecule has 1 heterocycles. The average molecular weight is 278 g/mol. The standard InChI is InChI=1S/C13H15N2O3P/c1-15-8-13(11-4-2-3-5-12(11)14-15)19(16,17)18-9-10-6-7-10/h2-5,8,10H,6-7,9H2,1H3. The minimum Gasteiger partial charge on any atom is -0.775 e. The van der Waals surface area contributed by atoms with Crippen molar-refractivity contribution in [2.45, 2.75) is 12.8 Å². The van der Waals surface area contributed by atoms with E-state index in [1.807, 2.05) is 6.07 Å². The van der Waals surface area contributed by atoms with E-state index in [-0.39, 0.29) is 5.30 Å². The highest BCUT2D eigenvalue weighted by Crippen LogP contribution is 2.41. The van der Waals surface area contributed by atoms with Crippen LogP contribution in [0.15, 0.2) is 30.5 Å². The lowest BCUT2D eigenvalue weighted by Gasteiger charge is -2.23. The normalized spacial score (nSPS) is 18.4. The summed E-state index contributed by atoms with van der Waals surface area (Å²) in [6.07, 6.45) is 3.62. The Balaban J connectivity index is 2.04. The molecule has 6 heteroatoms. The van der Waals surface area contributed by atoms with Crippen LogP contribution in [-0.4, -0.2) is 11.7 Å². The Morgan fingerprint density at radius 3 is 2.95 bits per heavy atom. The molecule has 0 radical (unpaired) electrons. The first-order valence-electron chi connectivity index (χ1n) is 6.28. The number of aromatic nitrogens is 2. The quantitative estimate of drug-likeness (QED) is 0.609. The van der Waals surface area contributed by atoms with Gasteiger partial charge in [-0.1, -0.05) is 22.9 Å². The molecule has 0 aliphatic heterocycles. The van der Waals surface area contributed by atoms with E-state index in [4.69, 9.17) is 4.52 Å². The van der Waals surface area contributed by atoms with E-state index in [1.54, 1.807) is 25.2 Å². The van der Waals surface area contributed by atoms with Crippen LogP contribution in [0.3, 0.4) is 0 Å². The predicted molar refractivity (Wildman–Crippen MR) is 68.8 cm³/mol. The van der Waals surface area contributed by atoms with Crippen LogP contribution >= 0.6 is 7.60 Å². The summed E-state index contributed by atoms with van der Waals surface area (Å²) in [5, 5.41) is 5.07. The number of rotatable bonds is 4. The van der Waals surface area contributed by atoms with Gasteiger partial charge in [0.2, 0.25) is 6.20 Å². The average Bonchev–Trinajstić information content (AvgIpc) is 3.19. The molecule has 1 aliphatic carbocycles. The predicted octanol–water partition coefficient (Wildman–Crippen LogP) is 0.665. The van der Waals surface area contributed by atoms with E-state index >= 15 is 0 Å². The van der Waals surface area contributed by atoms with E-state index in [2.05, 4.69) is 5.10 Å². The number of hydrogen-bond acceptors (Lipinski definition) is 4. The molecule has 5 nitrogen and oxygen atoms in total. The van der Waals surface area contributed by atoms with Crippen molar-refractivity contribution in [2.24, 2.45) is 13.0 Å². The topological polar surface area (TPSA) is 66.1 Å². The summed E-state index contributed by atoms with van der Waals surface area (Å²) < 4.78 is 19.0. The summed E-state index contributed by atoms with van der Waals surface area (Å²) in [6, 6.07) is 7.18. The van der Waals surface area contributed by atoms with Crippen molar-refractivity contribution >= 4 is 23.8 Å². The Morgan fingerprint density at radius 2 is 2.21 bits per heavy atom. The summed E-state index contributed by atoms with van der Waals surface area (Å²) >= 11 is 0. The third kappa shape index (κ3) is 2.68. The maximum Gasteiger partial charge on any atom is 0.208 e. The first-order valence-corrected chi connectivity index (χ1v) is 7.82. The van der Waals surface area contributed by atoms with Crippen molar-refractivity contribution in [2.75, 3.05) is 6.61 Å². The molecule has 1 saturated carbocycles. The van der Waals surface area contributed by atoms with Crippen LogP contribution in [0, 0.1) is 5.92 Å². The molecule has 1 atom stereocenters. The highest BCUT2D eigenvalue weighted by atomic mass is 31.2. The fourth-order valence-corrected chi connectivity index (χ4v) is 3.34. The lowest BCUT2D eigenvalue weighted by molar-refractivity contribution is -0.727. The molecule has 0 amide bonds. The second-order valence-corrected chi connectivity index (χ2v) is 6.68. The van der Waals surface area contributed by atoms with Gasteiger partial charge in [-0.2, -0.15) is 0 Å². The largest absolute Gasteiger partial charge is 0.775 e. The molecule has 1 aromatic carbocycles. The second-order valence-electron chi connectivity index (χ2n) is 4.94. The van der Waals surface area contributed by atoms with Crippen LogP contribution in [0.1, 0.15) is 12.8 Å². The van der Waals surface area contributed by atoms with E-state index in [1.165, 1.54) is 10.9 Å². The first-order chi connectivity index (χ1) is 9.06. The number of hydrogen-bond donors (Lipinski definition) is 0. The van der Waals surface area contributed by atoms with E-state index < -0.39 is 7.60 Å². The molecule has 1 unspecified atom stereocenters. The van der Waals surface area contributed by atoms with E-state index in [0.29, 0.717) is 23.4 Å². The fraction of sp³-hybridized carbons (Fsp3) is 0.385. The van der Waals surface area contributed by atoms with Gasteiger partial charge in [0.1, 0.15) is 5.52 Å². The van der Waals surface area contributed by atoms with Crippen molar-refractivity contribution < 1.29 is 18.7 Å². The molecule has 19 heavy (non-hydrogen) atoms. The van der Waals surface area contributed by atoms with Crippen molar-refractivity contribution in [1.82, 2.24) is 5.10 Å². The summed E-state index contributed by atoms with van der Waals surface area (Å²) in [6.45, 7) is 0.293. The molecule has 0 bridgehead atoms. The maximum absolute atomic E-state index is 12.3. The van der Waals surface area contributed by atoms with Gasteiger partial charge in [-0.25, -0.2) is 0 Å². The van der Waals surface area contributed by atoms with Crippen LogP contribution in [0.5, 0.6) is 0 Å². The van der Waals surface area contributed by atoms with Crippen LogP contribution in [0.4, 0.5) is 0 Å². The lowest BCUT2D eigenvalue weighted by atomic mass is 10.2. The zero-order valence-electron chi connectivity index (χ0n) is 10.7. The van der Waals surface area contributed by atoms with Gasteiger partial charge in [0.15, 0.2) is 14.6 Å². The van der Waals surface area contributed by atoms with Gasteiger partial charge in [-0.15, -0.1) is 0 Å². The minimum atomic E-state index is -4.04. The molecule has 2 aromatic rings. The SMILES string of the molecule is C[n+]1cc(P(=O)([O-])OCC2CC2)c2ccccc2n1. The Morgan fingerprint density at radius 1 is 1.47 bits per heavy atom. The van der Waals surface area contributed by atoms with Crippen molar-refractivity contribution in [3.63, 3.8) is 0 Å². The third-order valence-electron chi connectivity index (χ3n) is 3.23. The molecule has 100 valence electrons. The Hall–Kier alpha value is -1.29. The van der Waals surface area contributed by atoms with E-state index in [9.17, 15) is 9.46 Å². The zero-order valence-corrected chi connectivity index (χ0v) is 11.5. The summed E-state index contributed by atoms with van der Waals surface area (Å²) in [5.74, 6) is 0.407. The van der Waals surface area contributed by atoms with Crippen LogP contribution in [0.25, 0.3) is 10.9 Å². The first kappa shape index (κ1) is 12.7. The second kappa shape index (κ2) is 4.67. The van der Waals surface area contributed by atoms with Crippen LogP contribution in [-0.2, 0) is 16.1 Å². The fourth-order valence-electron chi connectivity index (χ4n) is 2.00. The number of fused-ring (bicyclic) bond motifs is 1. The molecule has 1 aromatic heterocycles. The van der Waals surface area contributed by atoms with Crippen molar-refractivity contribution in [1.29, 1.82) is 0 Å². The number of aryl methyl sites for hydroxylation is 1. The molecule has 0 spiro atoms. The molecule has 3 rings (SSSR count). The Kier molecular flexibility index (Phi) is 3.13. The number of benzene rings is 1. The molecule has 1 fully saturated rings. The van der Waals surface area contributed by atoms with Crippen LogP contribution in [0.2, 0.25) is 0 Å². The zero-order chi connectivity index (χ0) is 13.5. The summed E-state index contributed by atoms with van der Waals surface area (Å²) in [4.78, 5) is 12.3. The maximum atomic E-state index is 12.3. The van der Waals surface area contributed by atoms with E-state index in [0.717, 1.165) is 12.8 Å². The summed E-state index contributed by atoms with van der Waals surface area (Å²) in [5.41, 5.74) is 0.647. The molecule has 1 aliphatic rings. The Labute approximate surface area is 111 Å². The Bertz CT molecular complexity index is 670. The highest BCUT2D eigenvalue weighted by molar-refractivity contribution is 7.60. The van der Waals surface area contributed by atoms with Gasteiger partial charge in [-0.3, -0.25) is 0 Å². The number of nitrogens with zero attached hydrogens (tertiary/aromatic N) is 2. The van der Waals surface area contributed by atoms with Gasteiger partial charge in [-0.05, 0) is 29.9 Å². The molecular formula is C13H15N2O3P. The smallest absolute Gasteiger partial charge is 0.208 e. The van der Waals surface area contributed by atoms with Crippen molar-refractivity contribution in [3.8, 4) is 0 Å². The minimum absolute atomic E-state index is 0.209. The molecule has 0 N–H and O–H groups in total. The van der Waals surface area contributed by atoms with Gasteiger partial charge in [0, 0.05) is 5.39 Å². The summed E-state index contributed by atoms with van der Waals surface area (Å²) in [7, 11) is -2.34. The molecular weight excluding hydrogens is 263 g/mol. The lowest BCUT2D eigenvalue weighted by Crippen LogP contribution is -2.38.